The van der Waals surface area contributed by atoms with Crippen LogP contribution in [0, 0.1) is 0 Å². The Morgan fingerprint density at radius 1 is 1.37 bits per heavy atom. The van der Waals surface area contributed by atoms with Gasteiger partial charge in [-0.25, -0.2) is 9.97 Å². The van der Waals surface area contributed by atoms with Gasteiger partial charge in [0.1, 0.15) is 0 Å². The molecule has 0 fully saturated rings. The summed E-state index contributed by atoms with van der Waals surface area (Å²) in [5.41, 5.74) is 8.54. The molecule has 0 aromatic carbocycles. The average Bonchev–Trinajstić information content (AvgIpc) is 2.72. The zero-order valence-electron chi connectivity index (χ0n) is 10.8. The summed E-state index contributed by atoms with van der Waals surface area (Å²) in [4.78, 5) is 8.18. The number of halogens is 1. The van der Waals surface area contributed by atoms with Crippen molar-refractivity contribution in [3.63, 3.8) is 0 Å². The van der Waals surface area contributed by atoms with Gasteiger partial charge in [-0.1, -0.05) is 24.9 Å². The normalized spacial score (nSPS) is 18.9. The van der Waals surface area contributed by atoms with Crippen molar-refractivity contribution in [1.29, 1.82) is 0 Å². The van der Waals surface area contributed by atoms with Crippen LogP contribution in [0.5, 0.6) is 0 Å². The first-order valence-corrected chi connectivity index (χ1v) is 6.88. The van der Waals surface area contributed by atoms with E-state index in [1.807, 2.05) is 6.20 Å². The standard InChI is InChI=1S/C13H16ClN5/c1-8-4-2-3-5-19-12(8)9(6-17-19)11-10(14)7-16-13(15)18-11/h6-8H,2-5H2,1H3,(H2,15,16,18). The lowest BCUT2D eigenvalue weighted by atomic mass is 9.97. The van der Waals surface area contributed by atoms with Crippen LogP contribution >= 0.6 is 11.6 Å². The first-order chi connectivity index (χ1) is 9.16. The molecule has 0 amide bonds. The molecule has 0 saturated heterocycles. The lowest BCUT2D eigenvalue weighted by Gasteiger charge is -2.12. The lowest BCUT2D eigenvalue weighted by Crippen LogP contribution is -2.05. The zero-order chi connectivity index (χ0) is 13.4. The molecule has 0 radical (unpaired) electrons. The first kappa shape index (κ1) is 12.4. The van der Waals surface area contributed by atoms with Gasteiger partial charge < -0.3 is 5.73 Å². The Kier molecular flexibility index (Phi) is 3.14. The summed E-state index contributed by atoms with van der Waals surface area (Å²) in [6.45, 7) is 3.18. The largest absolute Gasteiger partial charge is 0.368 e. The summed E-state index contributed by atoms with van der Waals surface area (Å²) < 4.78 is 2.07. The molecule has 0 aliphatic carbocycles. The number of aromatic nitrogens is 4. The fourth-order valence-electron chi connectivity index (χ4n) is 2.69. The van der Waals surface area contributed by atoms with Crippen molar-refractivity contribution in [3.05, 3.63) is 23.1 Å². The van der Waals surface area contributed by atoms with Crippen LogP contribution in [0.4, 0.5) is 5.95 Å². The van der Waals surface area contributed by atoms with Gasteiger partial charge in [0.2, 0.25) is 5.95 Å². The van der Waals surface area contributed by atoms with Crippen molar-refractivity contribution in [3.8, 4) is 11.3 Å². The van der Waals surface area contributed by atoms with E-state index in [0.29, 0.717) is 16.6 Å². The molecule has 1 unspecified atom stereocenters. The molecule has 0 spiro atoms. The molecule has 1 aliphatic rings. The van der Waals surface area contributed by atoms with Crippen LogP contribution in [0.2, 0.25) is 5.02 Å². The maximum absolute atomic E-state index is 6.20. The average molecular weight is 278 g/mol. The Morgan fingerprint density at radius 3 is 3.05 bits per heavy atom. The van der Waals surface area contributed by atoms with E-state index in [4.69, 9.17) is 17.3 Å². The molecule has 1 atom stereocenters. The van der Waals surface area contributed by atoms with Gasteiger partial charge in [-0.05, 0) is 18.8 Å². The molecule has 2 aromatic heterocycles. The van der Waals surface area contributed by atoms with E-state index in [2.05, 4.69) is 26.7 Å². The van der Waals surface area contributed by atoms with Crippen molar-refractivity contribution in [1.82, 2.24) is 19.7 Å². The Balaban J connectivity index is 2.16. The predicted molar refractivity (Wildman–Crippen MR) is 74.9 cm³/mol. The van der Waals surface area contributed by atoms with Gasteiger partial charge in [-0.15, -0.1) is 0 Å². The summed E-state index contributed by atoms with van der Waals surface area (Å²) in [5, 5.41) is 4.99. The molecule has 100 valence electrons. The third kappa shape index (κ3) is 2.18. The zero-order valence-corrected chi connectivity index (χ0v) is 11.6. The second-order valence-corrected chi connectivity index (χ2v) is 5.40. The highest BCUT2D eigenvalue weighted by Gasteiger charge is 2.23. The van der Waals surface area contributed by atoms with E-state index in [-0.39, 0.29) is 5.95 Å². The molecular weight excluding hydrogens is 262 g/mol. The Bertz CT molecular complexity index is 607. The maximum Gasteiger partial charge on any atom is 0.220 e. The van der Waals surface area contributed by atoms with Crippen LogP contribution in [0.1, 0.15) is 37.8 Å². The van der Waals surface area contributed by atoms with Gasteiger partial charge in [0.25, 0.3) is 0 Å². The molecule has 2 N–H and O–H groups in total. The molecular formula is C13H16ClN5. The van der Waals surface area contributed by atoms with Gasteiger partial charge in [-0.3, -0.25) is 4.68 Å². The smallest absolute Gasteiger partial charge is 0.220 e. The minimum atomic E-state index is 0.237. The summed E-state index contributed by atoms with van der Waals surface area (Å²) in [7, 11) is 0. The number of fused-ring (bicyclic) bond motifs is 1. The van der Waals surface area contributed by atoms with Crippen LogP contribution in [0.3, 0.4) is 0 Å². The van der Waals surface area contributed by atoms with Crippen molar-refractivity contribution >= 4 is 17.5 Å². The van der Waals surface area contributed by atoms with E-state index in [0.717, 1.165) is 24.9 Å². The summed E-state index contributed by atoms with van der Waals surface area (Å²) >= 11 is 6.20. The van der Waals surface area contributed by atoms with E-state index >= 15 is 0 Å². The fraction of sp³-hybridized carbons (Fsp3) is 0.462. The van der Waals surface area contributed by atoms with E-state index in [1.165, 1.54) is 12.1 Å². The lowest BCUT2D eigenvalue weighted by molar-refractivity contribution is 0.576. The number of nitrogens with zero attached hydrogens (tertiary/aromatic N) is 4. The molecule has 6 heteroatoms. The number of nitrogens with two attached hydrogens (primary N) is 1. The predicted octanol–water partition coefficient (Wildman–Crippen LogP) is 2.86. The Morgan fingerprint density at radius 2 is 2.21 bits per heavy atom. The van der Waals surface area contributed by atoms with Crippen LogP contribution in [-0.2, 0) is 6.54 Å². The van der Waals surface area contributed by atoms with E-state index < -0.39 is 0 Å². The SMILES string of the molecule is CC1CCCCn2ncc(-c3nc(N)ncc3Cl)c21. The molecule has 1 aliphatic heterocycles. The molecule has 19 heavy (non-hydrogen) atoms. The third-order valence-corrected chi connectivity index (χ3v) is 3.90. The number of hydrogen-bond acceptors (Lipinski definition) is 4. The van der Waals surface area contributed by atoms with Gasteiger partial charge in [0.15, 0.2) is 0 Å². The third-order valence-electron chi connectivity index (χ3n) is 3.62. The molecule has 5 nitrogen and oxygen atoms in total. The summed E-state index contributed by atoms with van der Waals surface area (Å²) in [6, 6.07) is 0. The topological polar surface area (TPSA) is 69.6 Å². The molecule has 0 bridgehead atoms. The van der Waals surface area contributed by atoms with Gasteiger partial charge in [0, 0.05) is 12.1 Å². The second kappa shape index (κ2) is 4.81. The highest BCUT2D eigenvalue weighted by Crippen LogP contribution is 2.36. The van der Waals surface area contributed by atoms with E-state index in [9.17, 15) is 0 Å². The van der Waals surface area contributed by atoms with Crippen LogP contribution in [0.15, 0.2) is 12.4 Å². The first-order valence-electron chi connectivity index (χ1n) is 6.51. The van der Waals surface area contributed by atoms with Crippen LogP contribution in [0.25, 0.3) is 11.3 Å². The van der Waals surface area contributed by atoms with Crippen molar-refractivity contribution in [2.45, 2.75) is 38.6 Å². The molecule has 3 rings (SSSR count). The number of aryl methyl sites for hydroxylation is 1. The monoisotopic (exact) mass is 277 g/mol. The minimum Gasteiger partial charge on any atom is -0.368 e. The second-order valence-electron chi connectivity index (χ2n) is 4.99. The highest BCUT2D eigenvalue weighted by molar-refractivity contribution is 6.32. The van der Waals surface area contributed by atoms with Crippen LogP contribution in [-0.4, -0.2) is 19.7 Å². The molecule has 0 saturated carbocycles. The molecule has 3 heterocycles. The van der Waals surface area contributed by atoms with Gasteiger partial charge >= 0.3 is 0 Å². The summed E-state index contributed by atoms with van der Waals surface area (Å²) in [6.07, 6.45) is 6.94. The van der Waals surface area contributed by atoms with Crippen LogP contribution < -0.4 is 5.73 Å². The fourth-order valence-corrected chi connectivity index (χ4v) is 2.89. The Hall–Kier alpha value is -1.62. The minimum absolute atomic E-state index is 0.237. The van der Waals surface area contributed by atoms with Crippen molar-refractivity contribution in [2.75, 3.05) is 5.73 Å². The van der Waals surface area contributed by atoms with Gasteiger partial charge in [-0.2, -0.15) is 5.10 Å². The number of hydrogen-bond donors (Lipinski definition) is 1. The highest BCUT2D eigenvalue weighted by atomic mass is 35.5. The number of anilines is 1. The van der Waals surface area contributed by atoms with Gasteiger partial charge in [0.05, 0.1) is 28.8 Å². The maximum atomic E-state index is 6.20. The van der Waals surface area contributed by atoms with Crippen molar-refractivity contribution < 1.29 is 0 Å². The molecule has 2 aromatic rings. The Labute approximate surface area is 116 Å². The summed E-state index contributed by atoms with van der Waals surface area (Å²) in [5.74, 6) is 0.688. The number of rotatable bonds is 1. The van der Waals surface area contributed by atoms with E-state index in [1.54, 1.807) is 6.20 Å². The number of nitrogen functional groups attached to an aromatic ring is 1. The quantitative estimate of drug-likeness (QED) is 0.870. The van der Waals surface area contributed by atoms with Crippen molar-refractivity contribution in [2.24, 2.45) is 0 Å².